The van der Waals surface area contributed by atoms with Crippen molar-refractivity contribution in [1.29, 1.82) is 0 Å². The lowest BCUT2D eigenvalue weighted by atomic mass is 9.81. The van der Waals surface area contributed by atoms with Crippen LogP contribution in [0.2, 0.25) is 0 Å². The summed E-state index contributed by atoms with van der Waals surface area (Å²) in [6, 6.07) is 12.3. The highest BCUT2D eigenvalue weighted by atomic mass is 32.1. The molecule has 4 atom stereocenters. The van der Waals surface area contributed by atoms with Crippen LogP contribution in [-0.2, 0) is 6.42 Å². The van der Waals surface area contributed by atoms with Crippen molar-refractivity contribution in [2.45, 2.75) is 43.6 Å². The standard InChI is InChI=1S/C22H21F3O3S/c23-22(24,25)21(28)13-20(27)18(12-9-15-5-2-1-3-6-15)19(21)8-4-7-16-10-11-17(14-26)29-16/h1-3,5-6,10-11,14,18-20,27-28H,4,7-8,13H2/t18-,19-,20-,21+/m1/s1. The number of benzene rings is 1. The second-order valence-corrected chi connectivity index (χ2v) is 8.48. The summed E-state index contributed by atoms with van der Waals surface area (Å²) in [5, 5.41) is 20.8. The monoisotopic (exact) mass is 422 g/mol. The van der Waals surface area contributed by atoms with Gasteiger partial charge in [-0.05, 0) is 43.5 Å². The number of hydrogen-bond acceptors (Lipinski definition) is 4. The van der Waals surface area contributed by atoms with E-state index < -0.39 is 36.1 Å². The molecule has 2 N–H and O–H groups in total. The molecule has 1 aliphatic rings. The fourth-order valence-electron chi connectivity index (χ4n) is 3.88. The van der Waals surface area contributed by atoms with E-state index in [2.05, 4.69) is 11.8 Å². The average Bonchev–Trinajstić information content (AvgIpc) is 3.23. The van der Waals surface area contributed by atoms with Crippen molar-refractivity contribution >= 4 is 17.6 Å². The predicted octanol–water partition coefficient (Wildman–Crippen LogP) is 4.23. The number of carbonyl (C=O) groups is 1. The number of aryl methyl sites for hydroxylation is 1. The van der Waals surface area contributed by atoms with Crippen molar-refractivity contribution in [1.82, 2.24) is 0 Å². The van der Waals surface area contributed by atoms with Crippen LogP contribution in [-0.4, -0.2) is 34.4 Å². The van der Waals surface area contributed by atoms with Gasteiger partial charge in [-0.1, -0.05) is 30.0 Å². The highest BCUT2D eigenvalue weighted by Crippen LogP contribution is 2.51. The SMILES string of the molecule is O=Cc1ccc(CCC[C@@H]2[C@@H](C#Cc3ccccc3)[C@H](O)C[C@@]2(O)C(F)(F)F)s1. The Labute approximate surface area is 171 Å². The van der Waals surface area contributed by atoms with E-state index >= 15 is 0 Å². The molecule has 1 fully saturated rings. The van der Waals surface area contributed by atoms with Gasteiger partial charge in [-0.15, -0.1) is 11.3 Å². The average molecular weight is 422 g/mol. The van der Waals surface area contributed by atoms with Gasteiger partial charge >= 0.3 is 6.18 Å². The van der Waals surface area contributed by atoms with Crippen LogP contribution in [0.1, 0.15) is 39.4 Å². The minimum atomic E-state index is -4.85. The van der Waals surface area contributed by atoms with Gasteiger partial charge in [0.1, 0.15) is 0 Å². The fraction of sp³-hybridized carbons (Fsp3) is 0.409. The molecule has 2 aromatic rings. The van der Waals surface area contributed by atoms with E-state index in [0.29, 0.717) is 23.3 Å². The second kappa shape index (κ2) is 8.70. The molecule has 7 heteroatoms. The largest absolute Gasteiger partial charge is 0.417 e. The molecule has 1 aromatic heterocycles. The summed E-state index contributed by atoms with van der Waals surface area (Å²) in [5.74, 6) is 3.41. The Hall–Kier alpha value is -2.14. The number of halogens is 3. The van der Waals surface area contributed by atoms with E-state index in [1.807, 2.05) is 0 Å². The number of rotatable bonds is 5. The summed E-state index contributed by atoms with van der Waals surface area (Å²) in [4.78, 5) is 12.2. The molecule has 0 unspecified atom stereocenters. The van der Waals surface area contributed by atoms with Crippen LogP contribution in [0, 0.1) is 23.7 Å². The minimum Gasteiger partial charge on any atom is -0.392 e. The normalized spacial score (nSPS) is 26.7. The zero-order valence-electron chi connectivity index (χ0n) is 15.5. The quantitative estimate of drug-likeness (QED) is 0.560. The molecule has 3 nitrogen and oxygen atoms in total. The molecule has 0 radical (unpaired) electrons. The first-order chi connectivity index (χ1) is 13.7. The summed E-state index contributed by atoms with van der Waals surface area (Å²) in [7, 11) is 0. The van der Waals surface area contributed by atoms with Gasteiger partial charge < -0.3 is 10.2 Å². The lowest BCUT2D eigenvalue weighted by molar-refractivity contribution is -0.275. The van der Waals surface area contributed by atoms with Gasteiger partial charge in [0.05, 0.1) is 16.9 Å². The smallest absolute Gasteiger partial charge is 0.392 e. The van der Waals surface area contributed by atoms with E-state index in [4.69, 9.17) is 0 Å². The Morgan fingerprint density at radius 1 is 1.21 bits per heavy atom. The first-order valence-electron chi connectivity index (χ1n) is 9.32. The van der Waals surface area contributed by atoms with Crippen LogP contribution >= 0.6 is 11.3 Å². The maximum atomic E-state index is 13.7. The molecule has 154 valence electrons. The maximum absolute atomic E-state index is 13.7. The van der Waals surface area contributed by atoms with Crippen LogP contribution in [0.25, 0.3) is 0 Å². The van der Waals surface area contributed by atoms with Crippen LogP contribution < -0.4 is 0 Å². The second-order valence-electron chi connectivity index (χ2n) is 7.28. The van der Waals surface area contributed by atoms with Crippen LogP contribution in [0.15, 0.2) is 42.5 Å². The van der Waals surface area contributed by atoms with Gasteiger partial charge in [-0.2, -0.15) is 13.2 Å². The van der Waals surface area contributed by atoms with E-state index in [1.54, 1.807) is 42.5 Å². The maximum Gasteiger partial charge on any atom is 0.417 e. The summed E-state index contributed by atoms with van der Waals surface area (Å²) < 4.78 is 41.0. The highest BCUT2D eigenvalue weighted by Gasteiger charge is 2.65. The van der Waals surface area contributed by atoms with Crippen molar-refractivity contribution in [2.24, 2.45) is 11.8 Å². The number of hydrogen-bond donors (Lipinski definition) is 2. The summed E-state index contributed by atoms with van der Waals surface area (Å²) in [6.45, 7) is 0. The first kappa shape index (κ1) is 21.6. The molecular weight excluding hydrogens is 401 g/mol. The Morgan fingerprint density at radius 3 is 2.55 bits per heavy atom. The molecule has 1 saturated carbocycles. The van der Waals surface area contributed by atoms with Gasteiger partial charge in [-0.25, -0.2) is 0 Å². The lowest BCUT2D eigenvalue weighted by Crippen LogP contribution is -2.49. The number of carbonyl (C=O) groups excluding carboxylic acids is 1. The highest BCUT2D eigenvalue weighted by molar-refractivity contribution is 7.13. The molecule has 1 heterocycles. The van der Waals surface area contributed by atoms with Crippen molar-refractivity contribution < 1.29 is 28.2 Å². The predicted molar refractivity (Wildman–Crippen MR) is 105 cm³/mol. The number of alkyl halides is 3. The number of aldehydes is 1. The third-order valence-electron chi connectivity index (χ3n) is 5.37. The topological polar surface area (TPSA) is 57.5 Å². The van der Waals surface area contributed by atoms with Gasteiger partial charge in [-0.3, -0.25) is 4.79 Å². The molecule has 0 amide bonds. The Morgan fingerprint density at radius 2 is 1.93 bits per heavy atom. The zero-order valence-corrected chi connectivity index (χ0v) is 16.3. The molecule has 0 bridgehead atoms. The fourth-order valence-corrected chi connectivity index (χ4v) is 4.75. The number of thiophene rings is 1. The van der Waals surface area contributed by atoms with Crippen LogP contribution in [0.4, 0.5) is 13.2 Å². The molecule has 1 aromatic carbocycles. The Balaban J connectivity index is 1.79. The van der Waals surface area contributed by atoms with Crippen molar-refractivity contribution in [2.75, 3.05) is 0 Å². The van der Waals surface area contributed by atoms with Crippen LogP contribution in [0.5, 0.6) is 0 Å². The van der Waals surface area contributed by atoms with E-state index in [-0.39, 0.29) is 6.42 Å². The van der Waals surface area contributed by atoms with E-state index in [0.717, 1.165) is 11.2 Å². The van der Waals surface area contributed by atoms with Gasteiger partial charge in [0.2, 0.25) is 0 Å². The summed E-state index contributed by atoms with van der Waals surface area (Å²) >= 11 is 1.30. The van der Waals surface area contributed by atoms with Gasteiger partial charge in [0.25, 0.3) is 0 Å². The molecule has 29 heavy (non-hydrogen) atoms. The lowest BCUT2D eigenvalue weighted by Gasteiger charge is -2.33. The zero-order chi connectivity index (χ0) is 21.1. The first-order valence-corrected chi connectivity index (χ1v) is 10.1. The molecule has 0 spiro atoms. The Kier molecular flexibility index (Phi) is 6.47. The molecule has 0 aliphatic heterocycles. The molecule has 1 aliphatic carbocycles. The van der Waals surface area contributed by atoms with E-state index in [9.17, 15) is 28.2 Å². The molecular formula is C22H21F3O3S. The molecule has 3 rings (SSSR count). The van der Waals surface area contributed by atoms with Crippen LogP contribution in [0.3, 0.4) is 0 Å². The summed E-state index contributed by atoms with van der Waals surface area (Å²) in [5.41, 5.74) is -2.33. The number of aliphatic hydroxyl groups excluding tert-OH is 1. The Bertz CT molecular complexity index is 897. The van der Waals surface area contributed by atoms with Crippen molar-refractivity contribution in [3.63, 3.8) is 0 Å². The van der Waals surface area contributed by atoms with Gasteiger partial charge in [0.15, 0.2) is 11.9 Å². The van der Waals surface area contributed by atoms with E-state index in [1.165, 1.54) is 11.3 Å². The third kappa shape index (κ3) is 4.72. The van der Waals surface area contributed by atoms with Gasteiger partial charge in [0, 0.05) is 22.8 Å². The third-order valence-corrected chi connectivity index (χ3v) is 6.44. The summed E-state index contributed by atoms with van der Waals surface area (Å²) in [6.07, 6.45) is -5.30. The van der Waals surface area contributed by atoms with Crippen molar-refractivity contribution in [3.8, 4) is 11.8 Å². The number of aliphatic hydroxyl groups is 2. The van der Waals surface area contributed by atoms with Crippen molar-refractivity contribution in [3.05, 3.63) is 57.8 Å². The molecule has 0 saturated heterocycles. The minimum absolute atomic E-state index is 0.0650.